The van der Waals surface area contributed by atoms with Gasteiger partial charge in [0.1, 0.15) is 5.03 Å². The van der Waals surface area contributed by atoms with Gasteiger partial charge in [0.05, 0.1) is 0 Å². The molecule has 0 aliphatic heterocycles. The monoisotopic (exact) mass is 278 g/mol. The summed E-state index contributed by atoms with van der Waals surface area (Å²) in [4.78, 5) is 15.7. The summed E-state index contributed by atoms with van der Waals surface area (Å²) >= 11 is 7.25. The Hall–Kier alpha value is -1.39. The Labute approximate surface area is 115 Å². The van der Waals surface area contributed by atoms with Crippen LogP contribution < -0.4 is 0 Å². The van der Waals surface area contributed by atoms with Crippen LogP contribution in [0.3, 0.4) is 0 Å². The number of pyridine rings is 1. The lowest BCUT2D eigenvalue weighted by atomic mass is 10.2. The van der Waals surface area contributed by atoms with Crippen molar-refractivity contribution in [1.82, 2.24) is 4.98 Å². The highest BCUT2D eigenvalue weighted by Crippen LogP contribution is 2.25. The molecule has 0 amide bonds. The number of rotatable bonds is 5. The fraction of sp³-hybridized carbons (Fsp3) is 0.154. The molecule has 92 valence electrons. The molecule has 0 aliphatic carbocycles. The highest BCUT2D eigenvalue weighted by atomic mass is 35.5. The fourth-order valence-electron chi connectivity index (χ4n) is 1.43. The van der Waals surface area contributed by atoms with Gasteiger partial charge >= 0.3 is 0 Å². The highest BCUT2D eigenvalue weighted by Gasteiger charge is 2.05. The fourth-order valence-corrected chi connectivity index (χ4v) is 2.39. The molecular weight excluding hydrogens is 268 g/mol. The average Bonchev–Trinajstić information content (AvgIpc) is 2.42. The van der Waals surface area contributed by atoms with Gasteiger partial charge in [-0.15, -0.1) is 4.91 Å². The largest absolute Gasteiger partial charge is 0.249 e. The predicted molar refractivity (Wildman–Crippen MR) is 73.9 cm³/mol. The molecule has 2 aromatic rings. The minimum absolute atomic E-state index is 0.411. The van der Waals surface area contributed by atoms with Gasteiger partial charge in [0, 0.05) is 17.5 Å². The molecule has 18 heavy (non-hydrogen) atoms. The van der Waals surface area contributed by atoms with Crippen LogP contribution in [-0.2, 0) is 6.42 Å². The molecule has 0 N–H and O–H groups in total. The van der Waals surface area contributed by atoms with Crippen LogP contribution in [0, 0.1) is 4.91 Å². The highest BCUT2D eigenvalue weighted by molar-refractivity contribution is 7.99. The molecule has 1 heterocycles. The first kappa shape index (κ1) is 13.1. The summed E-state index contributed by atoms with van der Waals surface area (Å²) in [5.74, 6) is 0. The smallest absolute Gasteiger partial charge is 0.169 e. The van der Waals surface area contributed by atoms with E-state index < -0.39 is 5.50 Å². The van der Waals surface area contributed by atoms with E-state index in [2.05, 4.69) is 10.2 Å². The first-order chi connectivity index (χ1) is 8.78. The Bertz CT molecular complexity index is 504. The summed E-state index contributed by atoms with van der Waals surface area (Å²) in [6.45, 7) is 0. The molecule has 5 heteroatoms. The molecule has 1 unspecified atom stereocenters. The Kier molecular flexibility index (Phi) is 4.73. The minimum Gasteiger partial charge on any atom is -0.249 e. The number of nitroso groups, excluding NO2 is 1. The van der Waals surface area contributed by atoms with Gasteiger partial charge in [-0.05, 0) is 28.9 Å². The predicted octanol–water partition coefficient (Wildman–Crippen LogP) is 4.11. The quantitative estimate of drug-likeness (QED) is 0.470. The molecule has 0 radical (unpaired) electrons. The molecule has 0 saturated carbocycles. The maximum Gasteiger partial charge on any atom is 0.169 e. The van der Waals surface area contributed by atoms with E-state index in [9.17, 15) is 4.91 Å². The summed E-state index contributed by atoms with van der Waals surface area (Å²) in [5, 5.41) is 3.67. The van der Waals surface area contributed by atoms with Crippen LogP contribution in [0.25, 0.3) is 0 Å². The van der Waals surface area contributed by atoms with E-state index in [-0.39, 0.29) is 0 Å². The van der Waals surface area contributed by atoms with Gasteiger partial charge < -0.3 is 0 Å². The average molecular weight is 279 g/mol. The Morgan fingerprint density at radius 1 is 1.22 bits per heavy atom. The number of hydrogen-bond donors (Lipinski definition) is 0. The van der Waals surface area contributed by atoms with E-state index in [1.807, 2.05) is 42.5 Å². The lowest BCUT2D eigenvalue weighted by molar-refractivity contribution is 0.871. The second-order valence-electron chi connectivity index (χ2n) is 3.66. The number of nitrogens with zero attached hydrogens (tertiary/aromatic N) is 2. The topological polar surface area (TPSA) is 42.3 Å². The van der Waals surface area contributed by atoms with Gasteiger partial charge in [-0.2, -0.15) is 0 Å². The van der Waals surface area contributed by atoms with Crippen molar-refractivity contribution in [3.8, 4) is 0 Å². The maximum atomic E-state index is 10.2. The summed E-state index contributed by atoms with van der Waals surface area (Å²) in [5.41, 5.74) is 0.187. The van der Waals surface area contributed by atoms with Crippen LogP contribution in [0.5, 0.6) is 0 Å². The lowest BCUT2D eigenvalue weighted by Gasteiger charge is -2.03. The van der Waals surface area contributed by atoms with Gasteiger partial charge in [0.25, 0.3) is 0 Å². The maximum absolute atomic E-state index is 10.2. The molecule has 2 rings (SSSR count). The van der Waals surface area contributed by atoms with Crippen LogP contribution in [-0.4, -0.2) is 10.5 Å². The van der Waals surface area contributed by atoms with Crippen molar-refractivity contribution >= 4 is 23.4 Å². The molecule has 0 bridgehead atoms. The first-order valence-electron chi connectivity index (χ1n) is 5.42. The van der Waals surface area contributed by atoms with Gasteiger partial charge in [-0.1, -0.05) is 47.6 Å². The molecule has 1 aromatic heterocycles. The zero-order valence-corrected chi connectivity index (χ0v) is 11.1. The van der Waals surface area contributed by atoms with E-state index in [0.717, 1.165) is 15.5 Å². The summed E-state index contributed by atoms with van der Waals surface area (Å²) in [6.07, 6.45) is 2.14. The second kappa shape index (κ2) is 6.52. The lowest BCUT2D eigenvalue weighted by Crippen LogP contribution is -1.98. The Morgan fingerprint density at radius 2 is 2.00 bits per heavy atom. The SMILES string of the molecule is O=NC(Cl)Cc1ccc(Sc2ccccc2)nc1. The Morgan fingerprint density at radius 3 is 2.61 bits per heavy atom. The number of hydrogen-bond acceptors (Lipinski definition) is 4. The van der Waals surface area contributed by atoms with Crippen LogP contribution >= 0.6 is 23.4 Å². The number of halogens is 1. The van der Waals surface area contributed by atoms with E-state index in [0.29, 0.717) is 6.42 Å². The van der Waals surface area contributed by atoms with E-state index >= 15 is 0 Å². The van der Waals surface area contributed by atoms with Crippen LogP contribution in [0.1, 0.15) is 5.56 Å². The van der Waals surface area contributed by atoms with Crippen molar-refractivity contribution in [1.29, 1.82) is 0 Å². The van der Waals surface area contributed by atoms with Gasteiger partial charge in [0.15, 0.2) is 5.50 Å². The summed E-state index contributed by atoms with van der Waals surface area (Å²) in [7, 11) is 0. The molecule has 0 aliphatic rings. The standard InChI is InChI=1S/C13H11ClN2OS/c14-12(16-17)8-10-6-7-13(15-9-10)18-11-4-2-1-3-5-11/h1-7,9,12H,8H2. The summed E-state index contributed by atoms with van der Waals surface area (Å²) < 4.78 is 0. The molecule has 3 nitrogen and oxygen atoms in total. The van der Waals surface area contributed by atoms with Crippen molar-refractivity contribution in [2.24, 2.45) is 5.18 Å². The molecule has 0 fully saturated rings. The molecule has 1 aromatic carbocycles. The Balaban J connectivity index is 2.02. The van der Waals surface area contributed by atoms with E-state index in [1.54, 1.807) is 18.0 Å². The molecule has 0 saturated heterocycles. The van der Waals surface area contributed by atoms with Gasteiger partial charge in [-0.25, -0.2) is 4.98 Å². The normalized spacial score (nSPS) is 12.1. The summed E-state index contributed by atoms with van der Waals surface area (Å²) in [6, 6.07) is 13.9. The third-order valence-corrected chi connectivity index (χ3v) is 3.47. The zero-order valence-electron chi connectivity index (χ0n) is 9.49. The number of aromatic nitrogens is 1. The van der Waals surface area contributed by atoms with Crippen LogP contribution in [0.15, 0.2) is 63.8 Å². The minimum atomic E-state index is -0.723. The van der Waals surface area contributed by atoms with E-state index in [4.69, 9.17) is 11.6 Å². The number of alkyl halides is 1. The van der Waals surface area contributed by atoms with Gasteiger partial charge in [0.2, 0.25) is 0 Å². The third kappa shape index (κ3) is 3.82. The van der Waals surface area contributed by atoms with Crippen molar-refractivity contribution < 1.29 is 0 Å². The molecule has 0 spiro atoms. The first-order valence-corrected chi connectivity index (χ1v) is 6.67. The third-order valence-electron chi connectivity index (χ3n) is 2.28. The van der Waals surface area contributed by atoms with E-state index in [1.165, 1.54) is 0 Å². The van der Waals surface area contributed by atoms with Crippen molar-refractivity contribution in [3.05, 3.63) is 59.1 Å². The molecular formula is C13H11ClN2OS. The number of benzene rings is 1. The van der Waals surface area contributed by atoms with Crippen molar-refractivity contribution in [3.63, 3.8) is 0 Å². The zero-order chi connectivity index (χ0) is 12.8. The van der Waals surface area contributed by atoms with Crippen molar-refractivity contribution in [2.75, 3.05) is 0 Å². The second-order valence-corrected chi connectivity index (χ2v) is 5.26. The molecule has 1 atom stereocenters. The van der Waals surface area contributed by atoms with Crippen molar-refractivity contribution in [2.45, 2.75) is 21.8 Å². The van der Waals surface area contributed by atoms with Gasteiger partial charge in [-0.3, -0.25) is 0 Å². The van der Waals surface area contributed by atoms with Crippen LogP contribution in [0.4, 0.5) is 0 Å². The van der Waals surface area contributed by atoms with Crippen LogP contribution in [0.2, 0.25) is 0 Å².